The van der Waals surface area contributed by atoms with Crippen molar-refractivity contribution < 1.29 is 19.1 Å². The van der Waals surface area contributed by atoms with Crippen LogP contribution in [0.3, 0.4) is 0 Å². The van der Waals surface area contributed by atoms with Gasteiger partial charge in [-0.15, -0.1) is 0 Å². The van der Waals surface area contributed by atoms with Crippen molar-refractivity contribution in [3.63, 3.8) is 0 Å². The number of amides is 2. The van der Waals surface area contributed by atoms with Gasteiger partial charge in [0.1, 0.15) is 6.29 Å². The van der Waals surface area contributed by atoms with Gasteiger partial charge in [-0.05, 0) is 49.1 Å². The quantitative estimate of drug-likeness (QED) is 0.719. The van der Waals surface area contributed by atoms with Gasteiger partial charge in [-0.25, -0.2) is 4.79 Å². The van der Waals surface area contributed by atoms with Crippen molar-refractivity contribution in [3.05, 3.63) is 53.6 Å². The molecule has 2 amide bonds. The van der Waals surface area contributed by atoms with Gasteiger partial charge in [0, 0.05) is 31.3 Å². The summed E-state index contributed by atoms with van der Waals surface area (Å²) in [6, 6.07) is 13.0. The highest BCUT2D eigenvalue weighted by atomic mass is 16.6. The highest BCUT2D eigenvalue weighted by Gasteiger charge is 2.36. The van der Waals surface area contributed by atoms with E-state index in [1.807, 2.05) is 37.3 Å². The number of hydrogen-bond donors (Lipinski definition) is 0. The summed E-state index contributed by atoms with van der Waals surface area (Å²) in [5, 5.41) is 0. The van der Waals surface area contributed by atoms with E-state index >= 15 is 0 Å². The van der Waals surface area contributed by atoms with Crippen molar-refractivity contribution in [1.82, 2.24) is 4.90 Å². The molecule has 3 rings (SSSR count). The molecular formula is C23H26N2O4. The maximum atomic E-state index is 12.4. The Balaban J connectivity index is 2.08. The average Bonchev–Trinajstić information content (AvgIpc) is 2.72. The van der Waals surface area contributed by atoms with Crippen LogP contribution in [0.5, 0.6) is 0 Å². The zero-order chi connectivity index (χ0) is 21.1. The van der Waals surface area contributed by atoms with Gasteiger partial charge in [0.05, 0.1) is 12.6 Å². The van der Waals surface area contributed by atoms with Gasteiger partial charge >= 0.3 is 6.09 Å². The molecule has 2 aromatic carbocycles. The standard InChI is InChI=1S/C23H26N2O4/c1-5-29-23(28)24(4)22-12-15(2)25(16(3)27)21-11-10-19(13-20(21)22)18-8-6-17(14-26)7-9-18/h6-11,13-15,22H,5,12H2,1-4H3/t15-,22+/m1/s1. The molecule has 0 aliphatic carbocycles. The van der Waals surface area contributed by atoms with Crippen LogP contribution in [0.1, 0.15) is 49.2 Å². The minimum absolute atomic E-state index is 0.0286. The predicted octanol–water partition coefficient (Wildman–Crippen LogP) is 4.44. The van der Waals surface area contributed by atoms with Gasteiger partial charge in [0.15, 0.2) is 0 Å². The second-order valence-electron chi connectivity index (χ2n) is 7.31. The number of nitrogens with zero attached hydrogens (tertiary/aromatic N) is 2. The Labute approximate surface area is 171 Å². The van der Waals surface area contributed by atoms with E-state index in [9.17, 15) is 14.4 Å². The topological polar surface area (TPSA) is 66.9 Å². The van der Waals surface area contributed by atoms with E-state index in [0.717, 1.165) is 28.7 Å². The monoisotopic (exact) mass is 394 g/mol. The highest BCUT2D eigenvalue weighted by molar-refractivity contribution is 5.94. The second kappa shape index (κ2) is 8.47. The van der Waals surface area contributed by atoms with E-state index in [4.69, 9.17) is 4.74 Å². The molecule has 1 aliphatic heterocycles. The van der Waals surface area contributed by atoms with E-state index in [0.29, 0.717) is 18.6 Å². The first kappa shape index (κ1) is 20.6. The normalized spacial score (nSPS) is 18.0. The summed E-state index contributed by atoms with van der Waals surface area (Å²) in [6.45, 7) is 5.63. The maximum absolute atomic E-state index is 12.4. The van der Waals surface area contributed by atoms with E-state index < -0.39 is 0 Å². The van der Waals surface area contributed by atoms with Crippen molar-refractivity contribution in [1.29, 1.82) is 0 Å². The first-order valence-corrected chi connectivity index (χ1v) is 9.76. The first-order chi connectivity index (χ1) is 13.9. The minimum atomic E-state index is -0.382. The summed E-state index contributed by atoms with van der Waals surface area (Å²) in [4.78, 5) is 39.0. The third-order valence-electron chi connectivity index (χ3n) is 5.39. The summed E-state index contributed by atoms with van der Waals surface area (Å²) >= 11 is 0. The van der Waals surface area contributed by atoms with Gasteiger partial charge in [-0.3, -0.25) is 9.59 Å². The van der Waals surface area contributed by atoms with E-state index in [1.54, 1.807) is 42.8 Å². The molecule has 0 aromatic heterocycles. The molecular weight excluding hydrogens is 368 g/mol. The fraction of sp³-hybridized carbons (Fsp3) is 0.348. The van der Waals surface area contributed by atoms with Crippen molar-refractivity contribution in [2.75, 3.05) is 18.6 Å². The molecule has 6 nitrogen and oxygen atoms in total. The lowest BCUT2D eigenvalue weighted by molar-refractivity contribution is -0.117. The Hall–Kier alpha value is -3.15. The summed E-state index contributed by atoms with van der Waals surface area (Å²) < 4.78 is 5.20. The Bertz CT molecular complexity index is 923. The van der Waals surface area contributed by atoms with Gasteiger partial charge in [-0.1, -0.05) is 30.3 Å². The number of carbonyl (C=O) groups excluding carboxylic acids is 3. The van der Waals surface area contributed by atoms with Crippen molar-refractivity contribution in [2.24, 2.45) is 0 Å². The van der Waals surface area contributed by atoms with Crippen LogP contribution < -0.4 is 4.90 Å². The van der Waals surface area contributed by atoms with Crippen LogP contribution in [-0.2, 0) is 9.53 Å². The van der Waals surface area contributed by atoms with Crippen LogP contribution in [-0.4, -0.2) is 42.9 Å². The molecule has 0 radical (unpaired) electrons. The largest absolute Gasteiger partial charge is 0.450 e. The third kappa shape index (κ3) is 4.01. The maximum Gasteiger partial charge on any atom is 0.410 e. The van der Waals surface area contributed by atoms with E-state index in [-0.39, 0.29) is 24.1 Å². The highest BCUT2D eigenvalue weighted by Crippen LogP contribution is 2.42. The average molecular weight is 394 g/mol. The Morgan fingerprint density at radius 2 is 1.83 bits per heavy atom. The molecule has 0 fully saturated rings. The Morgan fingerprint density at radius 1 is 1.17 bits per heavy atom. The lowest BCUT2D eigenvalue weighted by Gasteiger charge is -2.42. The summed E-state index contributed by atoms with van der Waals surface area (Å²) in [7, 11) is 1.73. The van der Waals surface area contributed by atoms with Crippen molar-refractivity contribution in [2.45, 2.75) is 39.3 Å². The number of benzene rings is 2. The predicted molar refractivity (Wildman–Crippen MR) is 112 cm³/mol. The molecule has 1 aliphatic rings. The van der Waals surface area contributed by atoms with Gasteiger partial charge < -0.3 is 14.5 Å². The number of carbonyl (C=O) groups is 3. The van der Waals surface area contributed by atoms with Crippen LogP contribution >= 0.6 is 0 Å². The molecule has 29 heavy (non-hydrogen) atoms. The van der Waals surface area contributed by atoms with E-state index in [1.165, 1.54) is 0 Å². The molecule has 2 aromatic rings. The van der Waals surface area contributed by atoms with Crippen molar-refractivity contribution in [3.8, 4) is 11.1 Å². The summed E-state index contributed by atoms with van der Waals surface area (Å²) in [5.74, 6) is -0.0286. The van der Waals surface area contributed by atoms with Gasteiger partial charge in [0.25, 0.3) is 0 Å². The van der Waals surface area contributed by atoms with Crippen LogP contribution in [0.2, 0.25) is 0 Å². The lowest BCUT2D eigenvalue weighted by atomic mass is 9.88. The Morgan fingerprint density at radius 3 is 2.41 bits per heavy atom. The van der Waals surface area contributed by atoms with Crippen molar-refractivity contribution >= 4 is 24.0 Å². The molecule has 0 spiro atoms. The molecule has 2 atom stereocenters. The Kier molecular flexibility index (Phi) is 6.01. The van der Waals surface area contributed by atoms with Crippen LogP contribution in [0.25, 0.3) is 11.1 Å². The SMILES string of the molecule is CCOC(=O)N(C)[C@H]1C[C@@H](C)N(C(C)=O)c2ccc(-c3ccc(C=O)cc3)cc21. The smallest absolute Gasteiger partial charge is 0.410 e. The molecule has 0 unspecified atom stereocenters. The number of aldehydes is 1. The van der Waals surface area contributed by atoms with Gasteiger partial charge in [-0.2, -0.15) is 0 Å². The number of hydrogen-bond acceptors (Lipinski definition) is 4. The lowest BCUT2D eigenvalue weighted by Crippen LogP contribution is -2.46. The molecule has 152 valence electrons. The fourth-order valence-electron chi connectivity index (χ4n) is 3.97. The number of anilines is 1. The molecule has 1 heterocycles. The summed E-state index contributed by atoms with van der Waals surface area (Å²) in [5.41, 5.74) is 4.25. The molecule has 6 heteroatoms. The zero-order valence-corrected chi connectivity index (χ0v) is 17.2. The second-order valence-corrected chi connectivity index (χ2v) is 7.31. The number of fused-ring (bicyclic) bond motifs is 1. The van der Waals surface area contributed by atoms with Gasteiger partial charge in [0.2, 0.25) is 5.91 Å². The molecule has 0 saturated heterocycles. The first-order valence-electron chi connectivity index (χ1n) is 9.76. The third-order valence-corrected chi connectivity index (χ3v) is 5.39. The van der Waals surface area contributed by atoms with Crippen LogP contribution in [0.4, 0.5) is 10.5 Å². The number of ether oxygens (including phenoxy) is 1. The summed E-state index contributed by atoms with van der Waals surface area (Å²) in [6.07, 6.45) is 1.05. The minimum Gasteiger partial charge on any atom is -0.450 e. The number of rotatable bonds is 4. The molecule has 0 bridgehead atoms. The fourth-order valence-corrected chi connectivity index (χ4v) is 3.97. The van der Waals surface area contributed by atoms with Crippen LogP contribution in [0, 0.1) is 0 Å². The molecule has 0 saturated carbocycles. The molecule has 0 N–H and O–H groups in total. The zero-order valence-electron chi connectivity index (χ0n) is 17.2. The van der Waals surface area contributed by atoms with E-state index in [2.05, 4.69) is 0 Å². The van der Waals surface area contributed by atoms with Crippen LogP contribution in [0.15, 0.2) is 42.5 Å².